The summed E-state index contributed by atoms with van der Waals surface area (Å²) in [4.78, 5) is 25.4. The molecule has 2 N–H and O–H groups in total. The minimum Gasteiger partial charge on any atom is -0.481 e. The maximum Gasteiger partial charge on any atom is 0.321 e. The molecule has 2 fully saturated rings. The number of hydrogen-bond acceptors (Lipinski definition) is 2. The molecule has 2 atom stereocenters. The Morgan fingerprint density at radius 3 is 2.78 bits per heavy atom. The van der Waals surface area contributed by atoms with Crippen molar-refractivity contribution in [1.29, 1.82) is 0 Å². The van der Waals surface area contributed by atoms with Gasteiger partial charge in [-0.2, -0.15) is 0 Å². The molecule has 1 saturated carbocycles. The molecule has 124 valence electrons. The van der Waals surface area contributed by atoms with Gasteiger partial charge in [0.25, 0.3) is 0 Å². The molecule has 0 spiro atoms. The molecule has 23 heavy (non-hydrogen) atoms. The number of aliphatic carboxylic acids is 1. The largest absolute Gasteiger partial charge is 0.481 e. The number of carboxylic acids is 1. The highest BCUT2D eigenvalue weighted by Gasteiger charge is 2.55. The van der Waals surface area contributed by atoms with Gasteiger partial charge in [0.05, 0.1) is 15.6 Å². The molecule has 0 aromatic heterocycles. The van der Waals surface area contributed by atoms with Crippen molar-refractivity contribution in [2.75, 3.05) is 18.4 Å². The lowest BCUT2D eigenvalue weighted by atomic mass is 9.81. The predicted octanol–water partition coefficient (Wildman–Crippen LogP) is 3.45. The third kappa shape index (κ3) is 2.69. The standard InChI is InChI=1S/C15H15BrF2N2O3/c16-12-10(18)4-9(17)5-11(12)19-14(23)20-6-8-2-1-3-15(8,7-20)13(21)22/h4-5,8H,1-3,6-7H2,(H,19,23)(H,21,22)/t8-,15+/m0/s1. The van der Waals surface area contributed by atoms with Gasteiger partial charge in [-0.1, -0.05) is 6.42 Å². The highest BCUT2D eigenvalue weighted by Crippen LogP contribution is 2.49. The van der Waals surface area contributed by atoms with Crippen LogP contribution in [0.4, 0.5) is 19.3 Å². The number of carboxylic acid groups (broad SMARTS) is 1. The fraction of sp³-hybridized carbons (Fsp3) is 0.467. The van der Waals surface area contributed by atoms with Crippen LogP contribution in [0.3, 0.4) is 0 Å². The number of likely N-dealkylation sites (tertiary alicyclic amines) is 1. The van der Waals surface area contributed by atoms with E-state index in [9.17, 15) is 23.5 Å². The van der Waals surface area contributed by atoms with E-state index in [0.29, 0.717) is 19.0 Å². The van der Waals surface area contributed by atoms with Gasteiger partial charge in [-0.25, -0.2) is 13.6 Å². The van der Waals surface area contributed by atoms with Crippen molar-refractivity contribution < 1.29 is 23.5 Å². The Morgan fingerprint density at radius 2 is 2.13 bits per heavy atom. The summed E-state index contributed by atoms with van der Waals surface area (Å²) in [6, 6.07) is 1.17. The molecule has 2 amide bonds. The number of amides is 2. The van der Waals surface area contributed by atoms with Gasteiger partial charge >= 0.3 is 12.0 Å². The molecule has 1 saturated heterocycles. The molecule has 1 heterocycles. The van der Waals surface area contributed by atoms with Crippen LogP contribution in [0.25, 0.3) is 0 Å². The highest BCUT2D eigenvalue weighted by molar-refractivity contribution is 9.10. The first-order chi connectivity index (χ1) is 10.8. The van der Waals surface area contributed by atoms with Gasteiger partial charge in [0.2, 0.25) is 0 Å². The Morgan fingerprint density at radius 1 is 1.39 bits per heavy atom. The zero-order valence-corrected chi connectivity index (χ0v) is 13.7. The number of halogens is 3. The molecule has 5 nitrogen and oxygen atoms in total. The maximum atomic E-state index is 13.5. The van der Waals surface area contributed by atoms with Gasteiger partial charge in [0.1, 0.15) is 11.6 Å². The Balaban J connectivity index is 1.77. The van der Waals surface area contributed by atoms with E-state index in [4.69, 9.17) is 0 Å². The number of urea groups is 1. The van der Waals surface area contributed by atoms with E-state index in [0.717, 1.165) is 18.9 Å². The molecule has 8 heteroatoms. The lowest BCUT2D eigenvalue weighted by molar-refractivity contribution is -0.149. The van der Waals surface area contributed by atoms with Crippen molar-refractivity contribution in [3.8, 4) is 0 Å². The van der Waals surface area contributed by atoms with Crippen molar-refractivity contribution in [2.45, 2.75) is 19.3 Å². The zero-order chi connectivity index (χ0) is 16.8. The van der Waals surface area contributed by atoms with E-state index in [1.807, 2.05) is 0 Å². The van der Waals surface area contributed by atoms with Crippen molar-refractivity contribution in [1.82, 2.24) is 4.90 Å². The number of benzene rings is 1. The summed E-state index contributed by atoms with van der Waals surface area (Å²) >= 11 is 2.96. The minimum atomic E-state index is -0.887. The monoisotopic (exact) mass is 388 g/mol. The molecule has 1 aliphatic heterocycles. The van der Waals surface area contributed by atoms with Crippen LogP contribution in [-0.2, 0) is 4.79 Å². The van der Waals surface area contributed by atoms with E-state index in [1.165, 1.54) is 4.90 Å². The lowest BCUT2D eigenvalue weighted by Gasteiger charge is -2.23. The van der Waals surface area contributed by atoms with Gasteiger partial charge in [-0.15, -0.1) is 0 Å². The van der Waals surface area contributed by atoms with E-state index in [-0.39, 0.29) is 22.6 Å². The van der Waals surface area contributed by atoms with Crippen LogP contribution in [0.5, 0.6) is 0 Å². The number of anilines is 1. The SMILES string of the molecule is O=C(Nc1cc(F)cc(F)c1Br)N1C[C@@H]2CCC[C@@]2(C(=O)O)C1. The third-order valence-electron chi connectivity index (χ3n) is 4.82. The second-order valence-electron chi connectivity index (χ2n) is 6.11. The van der Waals surface area contributed by atoms with Crippen LogP contribution in [0, 0.1) is 23.0 Å². The summed E-state index contributed by atoms with van der Waals surface area (Å²) in [5.74, 6) is -2.58. The van der Waals surface area contributed by atoms with Gasteiger partial charge in [0, 0.05) is 19.2 Å². The second-order valence-corrected chi connectivity index (χ2v) is 6.90. The van der Waals surface area contributed by atoms with Crippen molar-refractivity contribution in [3.05, 3.63) is 28.2 Å². The molecule has 0 radical (unpaired) electrons. The Labute approximate surface area is 139 Å². The van der Waals surface area contributed by atoms with E-state index < -0.39 is 29.0 Å². The first kappa shape index (κ1) is 16.2. The molecule has 1 aliphatic carbocycles. The molecule has 0 bridgehead atoms. The molecule has 2 aliphatic rings. The average Bonchev–Trinajstić information content (AvgIpc) is 3.01. The fourth-order valence-corrected chi connectivity index (χ4v) is 3.96. The number of nitrogens with zero attached hydrogens (tertiary/aromatic N) is 1. The number of carbonyl (C=O) groups is 2. The topological polar surface area (TPSA) is 69.6 Å². The second kappa shape index (κ2) is 5.74. The maximum absolute atomic E-state index is 13.5. The van der Waals surface area contributed by atoms with Crippen molar-refractivity contribution >= 4 is 33.6 Å². The van der Waals surface area contributed by atoms with Gasteiger partial charge in [-0.3, -0.25) is 4.79 Å². The summed E-state index contributed by atoms with van der Waals surface area (Å²) in [6.07, 6.45) is 2.16. The van der Waals surface area contributed by atoms with E-state index >= 15 is 0 Å². The summed E-state index contributed by atoms with van der Waals surface area (Å²) in [7, 11) is 0. The molecular weight excluding hydrogens is 374 g/mol. The van der Waals surface area contributed by atoms with Crippen LogP contribution in [0.2, 0.25) is 0 Å². The van der Waals surface area contributed by atoms with Gasteiger partial charge in [0.15, 0.2) is 0 Å². The first-order valence-electron chi connectivity index (χ1n) is 7.27. The van der Waals surface area contributed by atoms with E-state index in [1.54, 1.807) is 0 Å². The molecule has 0 unspecified atom stereocenters. The quantitative estimate of drug-likeness (QED) is 0.762. The number of hydrogen-bond donors (Lipinski definition) is 2. The Kier molecular flexibility index (Phi) is 4.03. The summed E-state index contributed by atoms with van der Waals surface area (Å²) in [5, 5.41) is 12.0. The van der Waals surface area contributed by atoms with Gasteiger partial charge < -0.3 is 15.3 Å². The minimum absolute atomic E-state index is 0.0195. The van der Waals surface area contributed by atoms with Crippen LogP contribution < -0.4 is 5.32 Å². The average molecular weight is 389 g/mol. The summed E-state index contributed by atoms with van der Waals surface area (Å²) < 4.78 is 26.7. The molecule has 3 rings (SSSR count). The third-order valence-corrected chi connectivity index (χ3v) is 5.62. The number of fused-ring (bicyclic) bond motifs is 1. The van der Waals surface area contributed by atoms with Crippen LogP contribution >= 0.6 is 15.9 Å². The summed E-state index contributed by atoms with van der Waals surface area (Å²) in [5.41, 5.74) is -0.907. The van der Waals surface area contributed by atoms with Crippen molar-refractivity contribution in [3.63, 3.8) is 0 Å². The lowest BCUT2D eigenvalue weighted by Crippen LogP contribution is -2.38. The van der Waals surface area contributed by atoms with Crippen LogP contribution in [0.1, 0.15) is 19.3 Å². The first-order valence-corrected chi connectivity index (χ1v) is 8.06. The summed E-state index contributed by atoms with van der Waals surface area (Å²) in [6.45, 7) is 0.460. The molecule has 1 aromatic carbocycles. The number of carbonyl (C=O) groups excluding carboxylic acids is 1. The van der Waals surface area contributed by atoms with Crippen molar-refractivity contribution in [2.24, 2.45) is 11.3 Å². The van der Waals surface area contributed by atoms with Crippen LogP contribution in [0.15, 0.2) is 16.6 Å². The fourth-order valence-electron chi connectivity index (χ4n) is 3.63. The zero-order valence-electron chi connectivity index (χ0n) is 12.1. The Hall–Kier alpha value is -1.70. The normalized spacial score (nSPS) is 26.2. The highest BCUT2D eigenvalue weighted by atomic mass is 79.9. The smallest absolute Gasteiger partial charge is 0.321 e. The molecule has 1 aromatic rings. The van der Waals surface area contributed by atoms with Gasteiger partial charge in [-0.05, 0) is 40.8 Å². The Bertz CT molecular complexity index is 685. The molecular formula is C15H15BrF2N2O3. The van der Waals surface area contributed by atoms with Crippen LogP contribution in [-0.4, -0.2) is 35.1 Å². The number of rotatable bonds is 2. The predicted molar refractivity (Wildman–Crippen MR) is 82.1 cm³/mol. The van der Waals surface area contributed by atoms with E-state index in [2.05, 4.69) is 21.2 Å². The number of nitrogens with one attached hydrogen (secondary N) is 1.